The minimum absolute atomic E-state index is 0.209. The molecule has 1 aliphatic heterocycles. The van der Waals surface area contributed by atoms with Gasteiger partial charge in [-0.25, -0.2) is 4.39 Å². The third-order valence-corrected chi connectivity index (χ3v) is 3.17. The molecule has 88 valence electrons. The normalized spacial score (nSPS) is 22.3. The molecule has 1 aromatic carbocycles. The Morgan fingerprint density at radius 3 is 3.12 bits per heavy atom. The first-order valence-corrected chi connectivity index (χ1v) is 5.93. The van der Waals surface area contributed by atoms with E-state index in [1.54, 1.807) is 18.2 Å². The van der Waals surface area contributed by atoms with Crippen molar-refractivity contribution < 1.29 is 4.39 Å². The molecule has 1 atom stereocenters. The van der Waals surface area contributed by atoms with Crippen LogP contribution in [-0.2, 0) is 6.54 Å². The molecule has 1 N–H and O–H groups in total. The van der Waals surface area contributed by atoms with Crippen molar-refractivity contribution in [1.82, 2.24) is 10.2 Å². The smallest absolute Gasteiger partial charge is 0.146 e. The summed E-state index contributed by atoms with van der Waals surface area (Å²) in [6.07, 6.45) is 0. The van der Waals surface area contributed by atoms with E-state index >= 15 is 0 Å². The monoisotopic (exact) mass is 242 g/mol. The van der Waals surface area contributed by atoms with Gasteiger partial charge in [0.1, 0.15) is 5.82 Å². The van der Waals surface area contributed by atoms with Crippen molar-refractivity contribution in [2.24, 2.45) is 0 Å². The van der Waals surface area contributed by atoms with Crippen molar-refractivity contribution >= 4 is 11.6 Å². The van der Waals surface area contributed by atoms with Crippen LogP contribution in [-0.4, -0.2) is 30.6 Å². The summed E-state index contributed by atoms with van der Waals surface area (Å²) in [6, 6.07) is 5.65. The number of nitrogens with zero attached hydrogens (tertiary/aromatic N) is 1. The van der Waals surface area contributed by atoms with Crippen LogP contribution < -0.4 is 5.32 Å². The van der Waals surface area contributed by atoms with Gasteiger partial charge in [-0.2, -0.15) is 0 Å². The van der Waals surface area contributed by atoms with Gasteiger partial charge >= 0.3 is 0 Å². The summed E-state index contributed by atoms with van der Waals surface area (Å²) in [7, 11) is 0. The van der Waals surface area contributed by atoms with E-state index in [0.717, 1.165) is 19.6 Å². The average Bonchev–Trinajstić information content (AvgIpc) is 2.25. The number of rotatable bonds is 2. The molecule has 1 aliphatic rings. The summed E-state index contributed by atoms with van der Waals surface area (Å²) in [4.78, 5) is 2.25. The molecule has 0 unspecified atom stereocenters. The molecule has 1 heterocycles. The molecule has 1 saturated heterocycles. The number of nitrogens with one attached hydrogen (secondary N) is 1. The molecular weight excluding hydrogens is 227 g/mol. The third-order valence-electron chi connectivity index (χ3n) is 2.88. The lowest BCUT2D eigenvalue weighted by molar-refractivity contribution is 0.197. The van der Waals surface area contributed by atoms with Crippen LogP contribution >= 0.6 is 11.6 Å². The second-order valence-corrected chi connectivity index (χ2v) is 4.71. The van der Waals surface area contributed by atoms with Gasteiger partial charge in [0.05, 0.1) is 5.02 Å². The minimum Gasteiger partial charge on any atom is -0.312 e. The first-order valence-electron chi connectivity index (χ1n) is 5.55. The van der Waals surface area contributed by atoms with Crippen molar-refractivity contribution in [2.45, 2.75) is 19.5 Å². The highest BCUT2D eigenvalue weighted by atomic mass is 35.5. The molecule has 1 fully saturated rings. The van der Waals surface area contributed by atoms with E-state index in [1.165, 1.54) is 0 Å². The molecule has 2 nitrogen and oxygen atoms in total. The fourth-order valence-electron chi connectivity index (χ4n) is 2.07. The Bertz CT molecular complexity index is 370. The highest BCUT2D eigenvalue weighted by Crippen LogP contribution is 2.19. The second-order valence-electron chi connectivity index (χ2n) is 4.30. The lowest BCUT2D eigenvalue weighted by Gasteiger charge is -2.31. The molecule has 4 heteroatoms. The van der Waals surface area contributed by atoms with Crippen LogP contribution in [0.2, 0.25) is 5.02 Å². The highest BCUT2D eigenvalue weighted by molar-refractivity contribution is 6.30. The van der Waals surface area contributed by atoms with Gasteiger partial charge < -0.3 is 5.32 Å². The fourth-order valence-corrected chi connectivity index (χ4v) is 2.26. The molecule has 2 rings (SSSR count). The van der Waals surface area contributed by atoms with Crippen LogP contribution in [0.3, 0.4) is 0 Å². The summed E-state index contributed by atoms with van der Waals surface area (Å²) >= 11 is 5.75. The van der Waals surface area contributed by atoms with Crippen LogP contribution in [0.4, 0.5) is 4.39 Å². The Hall–Kier alpha value is -0.640. The van der Waals surface area contributed by atoms with Gasteiger partial charge in [-0.3, -0.25) is 4.90 Å². The van der Waals surface area contributed by atoms with Crippen molar-refractivity contribution in [2.75, 3.05) is 19.6 Å². The molecule has 0 saturated carbocycles. The second kappa shape index (κ2) is 5.13. The van der Waals surface area contributed by atoms with Gasteiger partial charge in [-0.1, -0.05) is 23.7 Å². The van der Waals surface area contributed by atoms with E-state index in [-0.39, 0.29) is 10.8 Å². The Morgan fingerprint density at radius 1 is 1.56 bits per heavy atom. The first-order chi connectivity index (χ1) is 7.66. The molecule has 0 aliphatic carbocycles. The summed E-state index contributed by atoms with van der Waals surface area (Å²) in [6.45, 7) is 5.64. The van der Waals surface area contributed by atoms with Crippen molar-refractivity contribution in [3.8, 4) is 0 Å². The third kappa shape index (κ3) is 2.73. The van der Waals surface area contributed by atoms with Gasteiger partial charge in [0.15, 0.2) is 0 Å². The Labute approximate surface area is 100 Å². The first kappa shape index (κ1) is 11.8. The number of hydrogen-bond donors (Lipinski definition) is 1. The minimum atomic E-state index is -0.282. The standard InChI is InChI=1S/C12H16ClFN2/c1-9-7-16(6-5-15-9)8-10-3-2-4-11(13)12(10)14/h2-4,9,15H,5-8H2,1H3/t9-/m0/s1. The Balaban J connectivity index is 2.05. The predicted molar refractivity (Wildman–Crippen MR) is 64.2 cm³/mol. The van der Waals surface area contributed by atoms with Crippen molar-refractivity contribution in [3.05, 3.63) is 34.6 Å². The predicted octanol–water partition coefficient (Wildman–Crippen LogP) is 2.27. The molecular formula is C12H16ClFN2. The van der Waals surface area contributed by atoms with Gasteiger partial charge in [-0.05, 0) is 13.0 Å². The van der Waals surface area contributed by atoms with E-state index in [2.05, 4.69) is 17.1 Å². The zero-order valence-corrected chi connectivity index (χ0v) is 10.1. The lowest BCUT2D eigenvalue weighted by Crippen LogP contribution is -2.48. The quantitative estimate of drug-likeness (QED) is 0.856. The summed E-state index contributed by atoms with van der Waals surface area (Å²) in [5.74, 6) is -0.282. The van der Waals surface area contributed by atoms with Crippen LogP contribution in [0.1, 0.15) is 12.5 Å². The fraction of sp³-hybridized carbons (Fsp3) is 0.500. The Morgan fingerprint density at radius 2 is 2.38 bits per heavy atom. The van der Waals surface area contributed by atoms with Gasteiger partial charge in [-0.15, -0.1) is 0 Å². The maximum absolute atomic E-state index is 13.7. The molecule has 1 aromatic rings. The molecule has 0 bridgehead atoms. The number of halogens is 2. The van der Waals surface area contributed by atoms with Crippen molar-refractivity contribution in [3.63, 3.8) is 0 Å². The van der Waals surface area contributed by atoms with Crippen molar-refractivity contribution in [1.29, 1.82) is 0 Å². The zero-order valence-electron chi connectivity index (χ0n) is 9.34. The van der Waals surface area contributed by atoms with Crippen LogP contribution in [0.15, 0.2) is 18.2 Å². The number of piperazine rings is 1. The van der Waals surface area contributed by atoms with Crippen LogP contribution in [0.25, 0.3) is 0 Å². The van der Waals surface area contributed by atoms with Crippen LogP contribution in [0.5, 0.6) is 0 Å². The highest BCUT2D eigenvalue weighted by Gasteiger charge is 2.17. The summed E-state index contributed by atoms with van der Waals surface area (Å²) in [5.41, 5.74) is 0.682. The topological polar surface area (TPSA) is 15.3 Å². The molecule has 0 spiro atoms. The summed E-state index contributed by atoms with van der Waals surface area (Å²) in [5, 5.41) is 3.57. The summed E-state index contributed by atoms with van der Waals surface area (Å²) < 4.78 is 13.7. The van der Waals surface area contributed by atoms with E-state index < -0.39 is 0 Å². The Kier molecular flexibility index (Phi) is 3.79. The van der Waals surface area contributed by atoms with E-state index in [9.17, 15) is 4.39 Å². The molecule has 0 radical (unpaired) electrons. The largest absolute Gasteiger partial charge is 0.312 e. The average molecular weight is 243 g/mol. The molecule has 0 aromatic heterocycles. The molecule has 16 heavy (non-hydrogen) atoms. The maximum Gasteiger partial charge on any atom is 0.146 e. The number of benzene rings is 1. The van der Waals surface area contributed by atoms with E-state index in [1.807, 2.05) is 0 Å². The maximum atomic E-state index is 13.7. The SMILES string of the molecule is C[C@H]1CN(Cc2cccc(Cl)c2F)CCN1. The molecule has 0 amide bonds. The van der Waals surface area contributed by atoms with Gasteiger partial charge in [0.2, 0.25) is 0 Å². The zero-order chi connectivity index (χ0) is 11.5. The van der Waals surface area contributed by atoms with Gasteiger partial charge in [0, 0.05) is 37.8 Å². The van der Waals surface area contributed by atoms with E-state index in [4.69, 9.17) is 11.6 Å². The number of hydrogen-bond acceptors (Lipinski definition) is 2. The lowest BCUT2D eigenvalue weighted by atomic mass is 10.1. The van der Waals surface area contributed by atoms with Crippen LogP contribution in [0, 0.1) is 5.82 Å². The van der Waals surface area contributed by atoms with Gasteiger partial charge in [0.25, 0.3) is 0 Å². The van der Waals surface area contributed by atoms with E-state index in [0.29, 0.717) is 18.2 Å².